The van der Waals surface area contributed by atoms with Gasteiger partial charge >= 0.3 is 5.97 Å². The van der Waals surface area contributed by atoms with Gasteiger partial charge in [-0.2, -0.15) is 0 Å². The lowest BCUT2D eigenvalue weighted by Crippen LogP contribution is -2.01. The maximum Gasteiger partial charge on any atom is 0.350 e. The van der Waals surface area contributed by atoms with Crippen LogP contribution in [-0.2, 0) is 4.18 Å². The molecule has 0 aliphatic rings. The number of unbranched alkanes of at least 4 members (excludes halogenated alkanes) is 3. The summed E-state index contributed by atoms with van der Waals surface area (Å²) in [6.45, 7) is 2.88. The number of hydrogen-bond acceptors (Lipinski definition) is 4. The van der Waals surface area contributed by atoms with Gasteiger partial charge in [0.25, 0.3) is 0 Å². The average molecular weight is 465 g/mol. The zero-order valence-electron chi connectivity index (χ0n) is 15.7. The van der Waals surface area contributed by atoms with Gasteiger partial charge in [-0.25, -0.2) is 4.79 Å². The lowest BCUT2D eigenvalue weighted by Gasteiger charge is -2.07. The highest BCUT2D eigenvalue weighted by atomic mass is 35.5. The quantitative estimate of drug-likeness (QED) is 0.229. The predicted octanol–water partition coefficient (Wildman–Crippen LogP) is 6.93. The Labute approximate surface area is 176 Å². The molecular formula is C19H26ClF5O3S. The van der Waals surface area contributed by atoms with Crippen molar-refractivity contribution in [3.05, 3.63) is 59.1 Å². The van der Waals surface area contributed by atoms with E-state index in [0.29, 0.717) is 22.1 Å². The van der Waals surface area contributed by atoms with Crippen LogP contribution in [0.3, 0.4) is 0 Å². The summed E-state index contributed by atoms with van der Waals surface area (Å²) >= 11 is 6.99. The first-order valence-corrected chi connectivity index (χ1v) is 9.19. The Morgan fingerprint density at radius 3 is 2.10 bits per heavy atom. The zero-order chi connectivity index (χ0) is 17.2. The molecule has 0 bridgehead atoms. The third-order valence-corrected chi connectivity index (χ3v) is 4.61. The van der Waals surface area contributed by atoms with Gasteiger partial charge in [-0.15, -0.1) is 0 Å². The minimum absolute atomic E-state index is 0. The highest BCUT2D eigenvalue weighted by Crippen LogP contribution is 2.28. The van der Waals surface area contributed by atoms with E-state index < -0.39 is 5.97 Å². The van der Waals surface area contributed by atoms with E-state index >= 15 is 0 Å². The molecule has 3 nitrogen and oxygen atoms in total. The lowest BCUT2D eigenvalue weighted by atomic mass is 10.2. The molecule has 0 heterocycles. The Kier molecular flexibility index (Phi) is 23.0. The molecule has 2 aromatic rings. The molecule has 0 unspecified atom stereocenters. The predicted molar refractivity (Wildman–Crippen MR) is 111 cm³/mol. The van der Waals surface area contributed by atoms with Crippen LogP contribution in [0.4, 0.5) is 23.5 Å². The summed E-state index contributed by atoms with van der Waals surface area (Å²) in [6, 6.07) is 14.2. The van der Waals surface area contributed by atoms with E-state index in [2.05, 4.69) is 6.92 Å². The Morgan fingerprint density at radius 1 is 0.897 bits per heavy atom. The van der Waals surface area contributed by atoms with Gasteiger partial charge in [0.2, 0.25) is 0 Å². The van der Waals surface area contributed by atoms with Gasteiger partial charge in [-0.3, -0.25) is 23.5 Å². The fourth-order valence-electron chi connectivity index (χ4n) is 2.05. The molecule has 0 atom stereocenters. The molecule has 2 rings (SSSR count). The molecule has 0 N–H and O–H groups in total. The van der Waals surface area contributed by atoms with Crippen molar-refractivity contribution in [3.63, 3.8) is 0 Å². The smallest absolute Gasteiger partial charge is 0.350 e. The zero-order valence-corrected chi connectivity index (χ0v) is 17.3. The van der Waals surface area contributed by atoms with E-state index in [1.54, 1.807) is 36.4 Å². The molecule has 0 fully saturated rings. The van der Waals surface area contributed by atoms with Gasteiger partial charge in [0.1, 0.15) is 5.75 Å². The maximum absolute atomic E-state index is 12.0. The topological polar surface area (TPSA) is 35.5 Å². The van der Waals surface area contributed by atoms with Crippen LogP contribution in [0.1, 0.15) is 43.0 Å². The summed E-state index contributed by atoms with van der Waals surface area (Å²) < 4.78 is 10.9. The van der Waals surface area contributed by atoms with Crippen molar-refractivity contribution in [3.8, 4) is 5.75 Å². The van der Waals surface area contributed by atoms with E-state index in [-0.39, 0.29) is 23.5 Å². The fraction of sp³-hybridized carbons (Fsp3) is 0.316. The first-order valence-electron chi connectivity index (χ1n) is 8.07. The second-order valence-electron chi connectivity index (χ2n) is 5.32. The summed E-state index contributed by atoms with van der Waals surface area (Å²) in [5, 5.41) is 0.558. The number of carbonyl (C=O) groups is 1. The SMILES string of the molecule is CCCCCCOc1ccc(C(=O)OSc2ccccc2Cl)cc1.F.F.F.F.F. The van der Waals surface area contributed by atoms with Crippen LogP contribution in [0.15, 0.2) is 53.4 Å². The molecule has 0 aromatic heterocycles. The third-order valence-electron chi connectivity index (χ3n) is 3.40. The minimum atomic E-state index is -0.408. The molecule has 0 amide bonds. The van der Waals surface area contributed by atoms with Crippen molar-refractivity contribution in [2.24, 2.45) is 0 Å². The number of ether oxygens (including phenoxy) is 1. The Bertz CT molecular complexity index is 663. The molecular weight excluding hydrogens is 439 g/mol. The number of carbonyl (C=O) groups excluding carboxylic acids is 1. The molecule has 0 aliphatic carbocycles. The van der Waals surface area contributed by atoms with E-state index in [0.717, 1.165) is 24.2 Å². The minimum Gasteiger partial charge on any atom is -0.494 e. The van der Waals surface area contributed by atoms with Gasteiger partial charge in [-0.05, 0) is 42.8 Å². The maximum atomic E-state index is 12.0. The second kappa shape index (κ2) is 19.3. The summed E-state index contributed by atoms with van der Waals surface area (Å²) in [5.41, 5.74) is 0.480. The highest BCUT2D eigenvalue weighted by Gasteiger charge is 2.10. The van der Waals surface area contributed by atoms with Crippen LogP contribution >= 0.6 is 23.6 Å². The van der Waals surface area contributed by atoms with Gasteiger partial charge < -0.3 is 8.92 Å². The molecule has 168 valence electrons. The van der Waals surface area contributed by atoms with Crippen molar-refractivity contribution in [1.29, 1.82) is 0 Å². The number of hydrogen-bond donors (Lipinski definition) is 0. The standard InChI is InChI=1S/C19H21ClO3S.5FH/c1-2-3-4-7-14-22-16-12-10-15(11-13-16)19(21)23-24-18-9-6-5-8-17(18)20;;;;;/h5-6,8-13H,2-4,7,14H2,1H3;5*1H. The third kappa shape index (κ3) is 12.2. The monoisotopic (exact) mass is 464 g/mol. The molecule has 29 heavy (non-hydrogen) atoms. The highest BCUT2D eigenvalue weighted by molar-refractivity contribution is 7.95. The van der Waals surface area contributed by atoms with Crippen molar-refractivity contribution in [2.75, 3.05) is 6.61 Å². The normalized spacial score (nSPS) is 8.62. The van der Waals surface area contributed by atoms with Gasteiger partial charge in [0.15, 0.2) is 0 Å². The molecule has 0 saturated carbocycles. The van der Waals surface area contributed by atoms with E-state index in [1.165, 1.54) is 19.3 Å². The largest absolute Gasteiger partial charge is 0.494 e. The summed E-state index contributed by atoms with van der Waals surface area (Å²) in [5.74, 6) is 0.358. The number of halogens is 6. The van der Waals surface area contributed by atoms with Crippen LogP contribution in [0.5, 0.6) is 5.75 Å². The van der Waals surface area contributed by atoms with E-state index in [4.69, 9.17) is 20.5 Å². The lowest BCUT2D eigenvalue weighted by molar-refractivity contribution is 0.0768. The van der Waals surface area contributed by atoms with Crippen LogP contribution in [0, 0.1) is 0 Å². The van der Waals surface area contributed by atoms with Crippen LogP contribution in [0.25, 0.3) is 0 Å². The number of rotatable bonds is 9. The first-order chi connectivity index (χ1) is 11.7. The molecule has 0 saturated heterocycles. The molecule has 0 radical (unpaired) electrons. The Morgan fingerprint density at radius 2 is 1.52 bits per heavy atom. The van der Waals surface area contributed by atoms with Crippen molar-refractivity contribution in [1.82, 2.24) is 0 Å². The van der Waals surface area contributed by atoms with Gasteiger partial charge in [-0.1, -0.05) is 49.9 Å². The van der Waals surface area contributed by atoms with Gasteiger partial charge in [0, 0.05) is 0 Å². The summed E-state index contributed by atoms with van der Waals surface area (Å²) in [6.07, 6.45) is 4.67. The van der Waals surface area contributed by atoms with E-state index in [1.807, 2.05) is 12.1 Å². The van der Waals surface area contributed by atoms with Crippen molar-refractivity contribution >= 4 is 29.6 Å². The Balaban J connectivity index is -0.000000625. The van der Waals surface area contributed by atoms with Crippen LogP contribution in [-0.4, -0.2) is 12.6 Å². The second-order valence-corrected chi connectivity index (χ2v) is 6.50. The molecule has 0 aliphatic heterocycles. The van der Waals surface area contributed by atoms with Crippen molar-refractivity contribution in [2.45, 2.75) is 37.5 Å². The Hall–Kier alpha value is -2.00. The fourth-order valence-corrected chi connectivity index (χ4v) is 2.82. The molecule has 2 aromatic carbocycles. The van der Waals surface area contributed by atoms with E-state index in [9.17, 15) is 4.79 Å². The van der Waals surface area contributed by atoms with Gasteiger partial charge in [0.05, 0.1) is 34.1 Å². The number of benzene rings is 2. The molecule has 0 spiro atoms. The average Bonchev–Trinajstić information content (AvgIpc) is 2.61. The summed E-state index contributed by atoms with van der Waals surface area (Å²) in [7, 11) is 0. The van der Waals surface area contributed by atoms with Crippen LogP contribution < -0.4 is 4.74 Å². The molecule has 10 heteroatoms. The summed E-state index contributed by atoms with van der Waals surface area (Å²) in [4.78, 5) is 12.8. The first kappa shape index (κ1) is 34.5. The van der Waals surface area contributed by atoms with Crippen LogP contribution in [0.2, 0.25) is 5.02 Å². The van der Waals surface area contributed by atoms with Crippen molar-refractivity contribution < 1.29 is 37.2 Å².